The second-order valence-corrected chi connectivity index (χ2v) is 7.16. The third kappa shape index (κ3) is 3.30. The predicted octanol–water partition coefficient (Wildman–Crippen LogP) is 2.33. The van der Waals surface area contributed by atoms with Gasteiger partial charge < -0.3 is 4.98 Å². The number of halogens is 1. The van der Waals surface area contributed by atoms with E-state index in [0.717, 1.165) is 14.6 Å². The lowest BCUT2D eigenvalue weighted by Gasteiger charge is -2.09. The highest BCUT2D eigenvalue weighted by molar-refractivity contribution is 9.10. The van der Waals surface area contributed by atoms with Gasteiger partial charge >= 0.3 is 5.69 Å². The van der Waals surface area contributed by atoms with Gasteiger partial charge in [-0.05, 0) is 23.6 Å². The molecule has 0 saturated heterocycles. The average Bonchev–Trinajstić information content (AvgIpc) is 2.98. The van der Waals surface area contributed by atoms with E-state index < -0.39 is 11.2 Å². The number of aromatic amines is 1. The van der Waals surface area contributed by atoms with Crippen LogP contribution >= 0.6 is 15.9 Å². The third-order valence-corrected chi connectivity index (χ3v) is 4.32. The van der Waals surface area contributed by atoms with Crippen molar-refractivity contribution in [3.8, 4) is 12.5 Å². The highest BCUT2D eigenvalue weighted by atomic mass is 79.9. The summed E-state index contributed by atoms with van der Waals surface area (Å²) in [5, 5.41) is 0. The third-order valence-electron chi connectivity index (χ3n) is 3.79. The summed E-state index contributed by atoms with van der Waals surface area (Å²) in [5.41, 5.74) is 0.567. The van der Waals surface area contributed by atoms with E-state index in [1.54, 1.807) is 0 Å². The minimum Gasteiger partial charge on any atom is -0.336 e. The first-order valence-electron chi connectivity index (χ1n) is 7.86. The molecule has 7 heteroatoms. The molecule has 1 N–H and O–H groups in total. The second kappa shape index (κ2) is 6.73. The van der Waals surface area contributed by atoms with Gasteiger partial charge in [-0.15, -0.1) is 0 Å². The molecule has 0 fully saturated rings. The zero-order chi connectivity index (χ0) is 18.1. The van der Waals surface area contributed by atoms with Gasteiger partial charge in [0.1, 0.15) is 5.82 Å². The Morgan fingerprint density at radius 1 is 1.28 bits per heavy atom. The van der Waals surface area contributed by atoms with Gasteiger partial charge in [0.25, 0.3) is 5.56 Å². The summed E-state index contributed by atoms with van der Waals surface area (Å²) in [7, 11) is 0. The molecule has 0 atom stereocenters. The largest absolute Gasteiger partial charge is 0.344 e. The number of nitrogens with zero attached hydrogens (tertiary/aromatic N) is 3. The van der Waals surface area contributed by atoms with Gasteiger partial charge in [-0.2, -0.15) is 4.57 Å². The Morgan fingerprint density at radius 3 is 2.56 bits per heavy atom. The number of imidazole rings is 1. The summed E-state index contributed by atoms with van der Waals surface area (Å²) in [5.74, 6) is 0.817. The Hall–Kier alpha value is -2.59. The van der Waals surface area contributed by atoms with Crippen molar-refractivity contribution in [3.63, 3.8) is 0 Å². The van der Waals surface area contributed by atoms with Crippen LogP contribution in [0, 0.1) is 18.4 Å². The number of fused-ring (bicyclic) bond motifs is 1. The van der Waals surface area contributed by atoms with Gasteiger partial charge in [-0.25, -0.2) is 9.78 Å². The molecule has 0 radical (unpaired) electrons. The smallest absolute Gasteiger partial charge is 0.336 e. The molecule has 0 aliphatic heterocycles. The van der Waals surface area contributed by atoms with Crippen LogP contribution in [-0.2, 0) is 13.0 Å². The monoisotopic (exact) mass is 400 g/mol. The van der Waals surface area contributed by atoms with Gasteiger partial charge in [0, 0.05) is 23.5 Å². The van der Waals surface area contributed by atoms with E-state index in [4.69, 9.17) is 6.42 Å². The molecule has 0 saturated carbocycles. The molecular formula is C18H17BrN4O2. The lowest BCUT2D eigenvalue weighted by Crippen LogP contribution is -2.38. The molecule has 128 valence electrons. The Labute approximate surface area is 152 Å². The van der Waals surface area contributed by atoms with Crippen LogP contribution in [0.15, 0.2) is 38.3 Å². The van der Waals surface area contributed by atoms with E-state index >= 15 is 0 Å². The molecule has 2 aromatic heterocycles. The minimum absolute atomic E-state index is 0.205. The summed E-state index contributed by atoms with van der Waals surface area (Å²) in [4.78, 5) is 32.5. The first kappa shape index (κ1) is 17.2. The van der Waals surface area contributed by atoms with Crippen molar-refractivity contribution in [1.82, 2.24) is 19.1 Å². The topological polar surface area (TPSA) is 72.7 Å². The number of hydrogen-bond donors (Lipinski definition) is 1. The van der Waals surface area contributed by atoms with Gasteiger partial charge in [0.05, 0.1) is 0 Å². The molecule has 2 heterocycles. The van der Waals surface area contributed by atoms with Crippen LogP contribution in [0.25, 0.3) is 11.2 Å². The Bertz CT molecular complexity index is 1080. The van der Waals surface area contributed by atoms with Crippen LogP contribution in [0.4, 0.5) is 0 Å². The first-order chi connectivity index (χ1) is 11.9. The predicted molar refractivity (Wildman–Crippen MR) is 101 cm³/mol. The summed E-state index contributed by atoms with van der Waals surface area (Å²) in [6.07, 6.45) is 5.87. The van der Waals surface area contributed by atoms with Gasteiger partial charge in [0.2, 0.25) is 0 Å². The van der Waals surface area contributed by atoms with Crippen LogP contribution in [0.3, 0.4) is 0 Å². The van der Waals surface area contributed by atoms with Crippen molar-refractivity contribution in [2.45, 2.75) is 26.8 Å². The number of rotatable bonds is 4. The van der Waals surface area contributed by atoms with Crippen molar-refractivity contribution in [3.05, 3.63) is 61.0 Å². The molecule has 0 spiro atoms. The molecule has 0 aliphatic rings. The van der Waals surface area contributed by atoms with Crippen LogP contribution in [0.5, 0.6) is 0 Å². The minimum atomic E-state index is -0.544. The summed E-state index contributed by atoms with van der Waals surface area (Å²) in [6.45, 7) is 4.40. The molecule has 3 aromatic rings. The van der Waals surface area contributed by atoms with E-state index in [9.17, 15) is 9.59 Å². The van der Waals surface area contributed by atoms with Crippen molar-refractivity contribution < 1.29 is 0 Å². The lowest BCUT2D eigenvalue weighted by molar-refractivity contribution is 0.507. The van der Waals surface area contributed by atoms with Crippen molar-refractivity contribution in [2.75, 3.05) is 0 Å². The van der Waals surface area contributed by atoms with Gasteiger partial charge in [-0.3, -0.25) is 9.36 Å². The molecule has 0 bridgehead atoms. The fraction of sp³-hybridized carbons (Fsp3) is 0.278. The molecular weight excluding hydrogens is 384 g/mol. The van der Waals surface area contributed by atoms with Crippen LogP contribution < -0.4 is 11.2 Å². The number of nitrogens with one attached hydrogen (secondary N) is 1. The van der Waals surface area contributed by atoms with Crippen molar-refractivity contribution >= 4 is 27.1 Å². The maximum absolute atomic E-state index is 12.5. The fourth-order valence-corrected chi connectivity index (χ4v) is 2.95. The van der Waals surface area contributed by atoms with E-state index in [2.05, 4.69) is 31.9 Å². The zero-order valence-electron chi connectivity index (χ0n) is 13.9. The first-order valence-corrected chi connectivity index (χ1v) is 8.65. The van der Waals surface area contributed by atoms with Crippen molar-refractivity contribution in [2.24, 2.45) is 5.92 Å². The normalized spacial score (nSPS) is 11.2. The maximum Gasteiger partial charge on any atom is 0.344 e. The van der Waals surface area contributed by atoms with E-state index in [1.165, 1.54) is 4.57 Å². The number of hydrogen-bond acceptors (Lipinski definition) is 3. The van der Waals surface area contributed by atoms with Crippen LogP contribution in [-0.4, -0.2) is 19.1 Å². The Kier molecular flexibility index (Phi) is 4.64. The molecule has 1 aromatic carbocycles. The number of H-pyrrole nitrogens is 1. The van der Waals surface area contributed by atoms with Crippen LogP contribution in [0.2, 0.25) is 0 Å². The summed E-state index contributed by atoms with van der Waals surface area (Å²) >= 11 is 3.40. The fourth-order valence-electron chi connectivity index (χ4n) is 2.69. The summed E-state index contributed by atoms with van der Waals surface area (Å²) in [6, 6.07) is 9.98. The Balaban J connectivity index is 2.17. The van der Waals surface area contributed by atoms with E-state index in [0.29, 0.717) is 24.4 Å². The number of benzene rings is 1. The molecule has 0 unspecified atom stereocenters. The zero-order valence-corrected chi connectivity index (χ0v) is 15.5. The summed E-state index contributed by atoms with van der Waals surface area (Å²) < 4.78 is 3.23. The van der Waals surface area contributed by atoms with Gasteiger partial charge in [-0.1, -0.05) is 48.3 Å². The number of terminal acetylenes is 1. The molecule has 0 amide bonds. The second-order valence-electron chi connectivity index (χ2n) is 6.24. The maximum atomic E-state index is 12.5. The van der Waals surface area contributed by atoms with E-state index in [-0.39, 0.29) is 11.4 Å². The molecule has 0 aliphatic carbocycles. The molecule has 6 nitrogen and oxygen atoms in total. The highest BCUT2D eigenvalue weighted by Crippen LogP contribution is 2.15. The lowest BCUT2D eigenvalue weighted by atomic mass is 10.1. The van der Waals surface area contributed by atoms with Crippen LogP contribution in [0.1, 0.15) is 25.2 Å². The molecule has 3 rings (SSSR count). The SMILES string of the molecule is C#Cn1c(=O)c2[nH]c(Cc3ccc(Br)cc3)nc2n(CC(C)C)c1=O. The Morgan fingerprint density at radius 2 is 1.96 bits per heavy atom. The van der Waals surface area contributed by atoms with Gasteiger partial charge in [0.15, 0.2) is 11.2 Å². The molecule has 25 heavy (non-hydrogen) atoms. The van der Waals surface area contributed by atoms with Crippen molar-refractivity contribution in [1.29, 1.82) is 0 Å². The quantitative estimate of drug-likeness (QED) is 0.683. The average molecular weight is 401 g/mol. The number of aromatic nitrogens is 4. The standard InChI is InChI=1S/C18H17BrN4O2/c1-4-22-17(24)15-16(23(18(22)25)10-11(2)3)21-14(20-15)9-12-5-7-13(19)8-6-12/h1,5-8,11H,9-10H2,2-3H3,(H,20,21). The highest BCUT2D eigenvalue weighted by Gasteiger charge is 2.17. The van der Waals surface area contributed by atoms with E-state index in [1.807, 2.05) is 38.1 Å².